The van der Waals surface area contributed by atoms with Crippen molar-refractivity contribution >= 4 is 25.3 Å². The third-order valence-electron chi connectivity index (χ3n) is 5.99. The van der Waals surface area contributed by atoms with E-state index in [1.807, 2.05) is 27.7 Å². The number of esters is 1. The number of ether oxygens (including phenoxy) is 1. The molecule has 0 bridgehead atoms. The highest BCUT2D eigenvalue weighted by atomic mass is 32.2. The number of thioether (sulfide) groups is 1. The molecular weight excluding hydrogens is 479 g/mol. The third kappa shape index (κ3) is 22.9. The molecule has 0 saturated carbocycles. The summed E-state index contributed by atoms with van der Waals surface area (Å²) in [5.41, 5.74) is 0. The Morgan fingerprint density at radius 2 is 1.26 bits per heavy atom. The summed E-state index contributed by atoms with van der Waals surface area (Å²) >= 11 is 2.05. The highest BCUT2D eigenvalue weighted by Gasteiger charge is 2.22. The summed E-state index contributed by atoms with van der Waals surface area (Å²) in [5, 5.41) is 0.685. The molecule has 1 atom stereocenters. The number of carbonyl (C=O) groups excluding carboxylic acids is 1. The molecule has 5 nitrogen and oxygen atoms in total. The van der Waals surface area contributed by atoms with Gasteiger partial charge in [-0.15, -0.1) is 0 Å². The summed E-state index contributed by atoms with van der Waals surface area (Å²) in [7, 11) is -2.92. The fourth-order valence-corrected chi connectivity index (χ4v) is 7.39. The van der Waals surface area contributed by atoms with Crippen molar-refractivity contribution in [3.8, 4) is 0 Å². The lowest BCUT2D eigenvalue weighted by atomic mass is 10.0. The largest absolute Gasteiger partial charge is 0.463 e. The molecule has 0 aliphatic carbocycles. The molecule has 0 aromatic carbocycles. The molecule has 0 rings (SSSR count). The van der Waals surface area contributed by atoms with Crippen LogP contribution in [0.4, 0.5) is 0 Å². The van der Waals surface area contributed by atoms with E-state index < -0.39 is 7.60 Å². The van der Waals surface area contributed by atoms with E-state index in [0.717, 1.165) is 25.0 Å². The quantitative estimate of drug-likeness (QED) is 0.0623. The van der Waals surface area contributed by atoms with Gasteiger partial charge in [0, 0.05) is 11.7 Å². The van der Waals surface area contributed by atoms with Crippen molar-refractivity contribution in [3.63, 3.8) is 0 Å². The summed E-state index contributed by atoms with van der Waals surface area (Å²) in [5.74, 6) is 0.952. The smallest absolute Gasteiger partial charge is 0.330 e. The third-order valence-corrected chi connectivity index (χ3v) is 9.62. The fourth-order valence-electron chi connectivity index (χ4n) is 4.20. The molecule has 0 radical (unpaired) electrons. The van der Waals surface area contributed by atoms with Crippen LogP contribution in [-0.2, 0) is 23.1 Å². The maximum absolute atomic E-state index is 12.7. The van der Waals surface area contributed by atoms with Crippen molar-refractivity contribution < 1.29 is 23.1 Å². The Labute approximate surface area is 222 Å². The number of rotatable bonds is 26. The van der Waals surface area contributed by atoms with Crippen LogP contribution in [0.1, 0.15) is 137 Å². The first-order valence-corrected chi connectivity index (χ1v) is 17.3. The Kier molecular flexibility index (Phi) is 24.3. The van der Waals surface area contributed by atoms with E-state index in [9.17, 15) is 9.36 Å². The lowest BCUT2D eigenvalue weighted by Crippen LogP contribution is -2.10. The minimum absolute atomic E-state index is 0.0152. The van der Waals surface area contributed by atoms with Gasteiger partial charge in [-0.05, 0) is 59.1 Å². The van der Waals surface area contributed by atoms with Crippen molar-refractivity contribution in [1.82, 2.24) is 0 Å². The first-order chi connectivity index (χ1) is 16.9. The zero-order valence-electron chi connectivity index (χ0n) is 23.7. The van der Waals surface area contributed by atoms with Crippen LogP contribution in [0.25, 0.3) is 0 Å². The maximum atomic E-state index is 12.7. The van der Waals surface area contributed by atoms with Gasteiger partial charge < -0.3 is 13.8 Å². The van der Waals surface area contributed by atoms with Gasteiger partial charge in [0.25, 0.3) is 0 Å². The van der Waals surface area contributed by atoms with E-state index >= 15 is 0 Å². The predicted molar refractivity (Wildman–Crippen MR) is 153 cm³/mol. The van der Waals surface area contributed by atoms with Gasteiger partial charge in [0.1, 0.15) is 0 Å². The van der Waals surface area contributed by atoms with Crippen molar-refractivity contribution in [2.45, 2.75) is 149 Å². The van der Waals surface area contributed by atoms with Crippen molar-refractivity contribution in [3.05, 3.63) is 0 Å². The first kappa shape index (κ1) is 35.0. The first-order valence-electron chi connectivity index (χ1n) is 14.6. The highest BCUT2D eigenvalue weighted by Crippen LogP contribution is 2.48. The minimum Gasteiger partial charge on any atom is -0.463 e. The van der Waals surface area contributed by atoms with Crippen LogP contribution in [0.15, 0.2) is 0 Å². The monoisotopic (exact) mass is 536 g/mol. The fraction of sp³-hybridized carbons (Fsp3) is 0.964. The normalized spacial score (nSPS) is 12.9. The summed E-state index contributed by atoms with van der Waals surface area (Å²) in [6.07, 6.45) is 19.6. The van der Waals surface area contributed by atoms with Crippen LogP contribution in [0.5, 0.6) is 0 Å². The second kappa shape index (κ2) is 24.3. The summed E-state index contributed by atoms with van der Waals surface area (Å²) in [4.78, 5) is 11.6. The van der Waals surface area contributed by atoms with E-state index in [-0.39, 0.29) is 12.1 Å². The van der Waals surface area contributed by atoms with Gasteiger partial charge >= 0.3 is 13.6 Å². The minimum atomic E-state index is -2.92. The van der Waals surface area contributed by atoms with Crippen LogP contribution in [-0.4, -0.2) is 42.5 Å². The molecule has 0 spiro atoms. The molecule has 35 heavy (non-hydrogen) atoms. The summed E-state index contributed by atoms with van der Waals surface area (Å²) < 4.78 is 28.8. The van der Waals surface area contributed by atoms with Crippen LogP contribution in [0.3, 0.4) is 0 Å². The van der Waals surface area contributed by atoms with Crippen LogP contribution in [0, 0.1) is 0 Å². The van der Waals surface area contributed by atoms with Gasteiger partial charge in [-0.3, -0.25) is 9.36 Å². The summed E-state index contributed by atoms with van der Waals surface area (Å²) in [6.45, 7) is 10.7. The molecule has 0 fully saturated rings. The SMILES string of the molecule is CCCCCCCCCC(CCCCCCCC(=O)OC(C)C)SCCCP(=O)(OCC)OCC. The zero-order valence-corrected chi connectivity index (χ0v) is 25.4. The van der Waals surface area contributed by atoms with Gasteiger partial charge in [-0.1, -0.05) is 77.6 Å². The molecule has 0 aromatic rings. The topological polar surface area (TPSA) is 61.8 Å². The molecule has 210 valence electrons. The molecule has 1 unspecified atom stereocenters. The van der Waals surface area contributed by atoms with E-state index in [1.165, 1.54) is 77.0 Å². The van der Waals surface area contributed by atoms with Crippen molar-refractivity contribution in [2.75, 3.05) is 25.1 Å². The molecule has 7 heteroatoms. The molecule has 0 aliphatic rings. The second-order valence-electron chi connectivity index (χ2n) is 9.77. The Morgan fingerprint density at radius 3 is 1.77 bits per heavy atom. The number of hydrogen-bond donors (Lipinski definition) is 0. The number of unbranched alkanes of at least 4 members (excludes halogenated alkanes) is 10. The van der Waals surface area contributed by atoms with Gasteiger partial charge in [-0.2, -0.15) is 11.8 Å². The second-order valence-corrected chi connectivity index (χ2v) is 13.4. The maximum Gasteiger partial charge on any atom is 0.330 e. The van der Waals surface area contributed by atoms with Gasteiger partial charge in [0.2, 0.25) is 0 Å². The molecule has 0 heterocycles. The Bertz CT molecular complexity index is 519. The van der Waals surface area contributed by atoms with E-state index in [1.54, 1.807) is 0 Å². The highest BCUT2D eigenvalue weighted by molar-refractivity contribution is 7.99. The lowest BCUT2D eigenvalue weighted by molar-refractivity contribution is -0.147. The molecule has 0 aliphatic heterocycles. The van der Waals surface area contributed by atoms with Gasteiger partial charge in [0.05, 0.1) is 25.5 Å². The van der Waals surface area contributed by atoms with Gasteiger partial charge in [0.15, 0.2) is 0 Å². The number of hydrogen-bond acceptors (Lipinski definition) is 6. The molecule has 0 N–H and O–H groups in total. The standard InChI is InChI=1S/C28H57O5PS/c1-6-9-10-11-12-14-17-21-27(35-25-20-24-34(30,31-7-2)32-8-3)22-18-15-13-16-19-23-28(29)33-26(4)5/h26-27H,6-25H2,1-5H3. The van der Waals surface area contributed by atoms with Crippen LogP contribution >= 0.6 is 19.4 Å². The van der Waals surface area contributed by atoms with Crippen LogP contribution in [0.2, 0.25) is 0 Å². The Hall–Kier alpha value is -0.0300. The van der Waals surface area contributed by atoms with Crippen molar-refractivity contribution in [1.29, 1.82) is 0 Å². The van der Waals surface area contributed by atoms with Crippen LogP contribution < -0.4 is 0 Å². The summed E-state index contributed by atoms with van der Waals surface area (Å²) in [6, 6.07) is 0. The molecule has 0 aromatic heterocycles. The Balaban J connectivity index is 4.24. The van der Waals surface area contributed by atoms with Gasteiger partial charge in [-0.25, -0.2) is 0 Å². The molecular formula is C28H57O5PS. The average Bonchev–Trinajstić information content (AvgIpc) is 2.79. The van der Waals surface area contributed by atoms with E-state index in [0.29, 0.717) is 31.0 Å². The average molecular weight is 537 g/mol. The lowest BCUT2D eigenvalue weighted by Gasteiger charge is -2.19. The van der Waals surface area contributed by atoms with E-state index in [2.05, 4.69) is 18.7 Å². The predicted octanol–water partition coefficient (Wildman–Crippen LogP) is 9.57. The van der Waals surface area contributed by atoms with E-state index in [4.69, 9.17) is 13.8 Å². The molecule has 0 amide bonds. The number of carbonyl (C=O) groups is 1. The van der Waals surface area contributed by atoms with Crippen molar-refractivity contribution in [2.24, 2.45) is 0 Å². The zero-order chi connectivity index (χ0) is 26.2. The Morgan fingerprint density at radius 1 is 0.743 bits per heavy atom. The molecule has 0 saturated heterocycles.